The van der Waals surface area contributed by atoms with Crippen molar-refractivity contribution in [1.82, 2.24) is 9.55 Å². The first-order valence-electron chi connectivity index (χ1n) is 7.66. The predicted molar refractivity (Wildman–Crippen MR) is 96.3 cm³/mol. The highest BCUT2D eigenvalue weighted by molar-refractivity contribution is 7.90. The Morgan fingerprint density at radius 3 is 2.50 bits per heavy atom. The van der Waals surface area contributed by atoms with Crippen LogP contribution in [0.2, 0.25) is 0 Å². The van der Waals surface area contributed by atoms with Gasteiger partial charge in [-0.2, -0.15) is 0 Å². The molecule has 4 rings (SSSR count). The molecule has 24 heavy (non-hydrogen) atoms. The number of anilines is 1. The molecule has 0 bridgehead atoms. The molecular formula is C17H20N4O2S. The topological polar surface area (TPSA) is 104 Å². The Bertz CT molecular complexity index is 975. The van der Waals surface area contributed by atoms with E-state index in [2.05, 4.69) is 28.6 Å². The number of hydrogen-bond acceptors (Lipinski definition) is 4. The minimum atomic E-state index is -3.13. The third-order valence-corrected chi connectivity index (χ3v) is 5.31. The van der Waals surface area contributed by atoms with E-state index >= 15 is 0 Å². The summed E-state index contributed by atoms with van der Waals surface area (Å²) in [6.45, 7) is 2.10. The minimum absolute atomic E-state index is 0.201. The lowest BCUT2D eigenvalue weighted by molar-refractivity contribution is 0.596. The van der Waals surface area contributed by atoms with Gasteiger partial charge in [0.1, 0.15) is 5.65 Å². The number of pyridine rings is 1. The van der Waals surface area contributed by atoms with Gasteiger partial charge in [-0.25, -0.2) is 18.5 Å². The highest BCUT2D eigenvalue weighted by atomic mass is 32.2. The van der Waals surface area contributed by atoms with E-state index in [1.165, 1.54) is 5.56 Å². The quantitative estimate of drug-likeness (QED) is 0.744. The lowest BCUT2D eigenvalue weighted by Gasteiger charge is -2.07. The summed E-state index contributed by atoms with van der Waals surface area (Å²) in [7, 11) is -3.13. The second-order valence-corrected chi connectivity index (χ2v) is 7.79. The van der Waals surface area contributed by atoms with Crippen LogP contribution < -0.4 is 10.9 Å². The average molecular weight is 344 g/mol. The molecule has 0 saturated heterocycles. The number of benzene rings is 1. The van der Waals surface area contributed by atoms with Crippen molar-refractivity contribution in [2.24, 2.45) is 5.14 Å². The lowest BCUT2D eigenvalue weighted by Crippen LogP contribution is -2.16. The van der Waals surface area contributed by atoms with Gasteiger partial charge in [0.25, 0.3) is 0 Å². The second kappa shape index (κ2) is 6.26. The second-order valence-electron chi connectivity index (χ2n) is 5.94. The summed E-state index contributed by atoms with van der Waals surface area (Å²) in [6, 6.07) is 12.2. The molecule has 3 aromatic rings. The van der Waals surface area contributed by atoms with Crippen molar-refractivity contribution in [3.8, 4) is 5.69 Å². The first kappa shape index (κ1) is 16.5. The van der Waals surface area contributed by atoms with Gasteiger partial charge in [-0.1, -0.05) is 18.2 Å². The van der Waals surface area contributed by atoms with Gasteiger partial charge in [0.15, 0.2) is 0 Å². The summed E-state index contributed by atoms with van der Waals surface area (Å²) in [5.74, 6) is 0. The molecular weight excluding hydrogens is 324 g/mol. The van der Waals surface area contributed by atoms with E-state index in [0.29, 0.717) is 5.69 Å². The van der Waals surface area contributed by atoms with Crippen molar-refractivity contribution >= 4 is 26.7 Å². The summed E-state index contributed by atoms with van der Waals surface area (Å²) in [5, 5.41) is 5.57. The van der Waals surface area contributed by atoms with Crippen LogP contribution in [0.4, 0.5) is 5.69 Å². The number of aryl methyl sites for hydroxylation is 1. The highest BCUT2D eigenvalue weighted by Gasteiger charge is 2.32. The van der Waals surface area contributed by atoms with Crippen molar-refractivity contribution < 1.29 is 8.42 Å². The lowest BCUT2D eigenvalue weighted by atomic mass is 10.2. The number of rotatable bonds is 2. The maximum atomic E-state index is 10.2. The fourth-order valence-corrected chi connectivity index (χ4v) is 3.26. The standard InChI is InChI=1S/C14H13N3.C3H7NO2S/c1-10-4-2-3-5-13(10)17-7-6-11-8-12(15)9-16-14(11)17;4-7(5,6)3-1-2-3/h2-9H,15H2,1H3;3H,1-2H2,(H2,4,5,6). The van der Waals surface area contributed by atoms with Crippen LogP contribution in [0.25, 0.3) is 16.7 Å². The highest BCUT2D eigenvalue weighted by Crippen LogP contribution is 2.25. The van der Waals surface area contributed by atoms with E-state index in [1.54, 1.807) is 6.20 Å². The Morgan fingerprint density at radius 1 is 1.21 bits per heavy atom. The maximum Gasteiger partial charge on any atom is 0.211 e. The van der Waals surface area contributed by atoms with Gasteiger partial charge in [-0.3, -0.25) is 0 Å². The summed E-state index contributed by atoms with van der Waals surface area (Å²) >= 11 is 0. The Hall–Kier alpha value is -2.38. The first-order chi connectivity index (χ1) is 11.4. The molecule has 7 heteroatoms. The summed E-state index contributed by atoms with van der Waals surface area (Å²) in [6.07, 6.45) is 5.24. The Morgan fingerprint density at radius 2 is 1.92 bits per heavy atom. The molecule has 6 nitrogen and oxygen atoms in total. The summed E-state index contributed by atoms with van der Waals surface area (Å²) in [5.41, 5.74) is 9.74. The molecule has 126 valence electrons. The zero-order chi connectivity index (χ0) is 17.3. The molecule has 0 spiro atoms. The smallest absolute Gasteiger partial charge is 0.211 e. The number of aromatic nitrogens is 2. The van der Waals surface area contributed by atoms with Crippen LogP contribution in [-0.2, 0) is 10.0 Å². The van der Waals surface area contributed by atoms with Gasteiger partial charge < -0.3 is 10.3 Å². The Kier molecular flexibility index (Phi) is 4.29. The van der Waals surface area contributed by atoms with Crippen LogP contribution in [-0.4, -0.2) is 23.2 Å². The molecule has 2 heterocycles. The van der Waals surface area contributed by atoms with E-state index in [4.69, 9.17) is 10.9 Å². The molecule has 1 saturated carbocycles. The van der Waals surface area contributed by atoms with Crippen molar-refractivity contribution in [3.05, 3.63) is 54.4 Å². The van der Waals surface area contributed by atoms with Crippen molar-refractivity contribution in [1.29, 1.82) is 0 Å². The number of sulfonamides is 1. The molecule has 1 fully saturated rings. The van der Waals surface area contributed by atoms with Gasteiger partial charge in [0.05, 0.1) is 17.1 Å². The van der Waals surface area contributed by atoms with E-state index in [0.717, 1.165) is 29.6 Å². The number of nitrogen functional groups attached to an aromatic ring is 1. The zero-order valence-corrected chi connectivity index (χ0v) is 14.2. The van der Waals surface area contributed by atoms with Crippen LogP contribution in [0.15, 0.2) is 48.8 Å². The zero-order valence-electron chi connectivity index (χ0n) is 13.4. The number of para-hydroxylation sites is 1. The van der Waals surface area contributed by atoms with Crippen LogP contribution in [0.5, 0.6) is 0 Å². The van der Waals surface area contributed by atoms with E-state index in [1.807, 2.05) is 30.5 Å². The van der Waals surface area contributed by atoms with Crippen molar-refractivity contribution in [3.63, 3.8) is 0 Å². The molecule has 0 atom stereocenters. The van der Waals surface area contributed by atoms with Crippen molar-refractivity contribution in [2.45, 2.75) is 25.0 Å². The average Bonchev–Trinajstić information content (AvgIpc) is 3.30. The third kappa shape index (κ3) is 3.58. The molecule has 0 radical (unpaired) electrons. The van der Waals surface area contributed by atoms with Gasteiger partial charge in [-0.05, 0) is 43.5 Å². The van der Waals surface area contributed by atoms with Crippen LogP contribution in [0, 0.1) is 6.92 Å². The minimum Gasteiger partial charge on any atom is -0.397 e. The SMILES string of the molecule is Cc1ccccc1-n1ccc2cc(N)cnc21.NS(=O)(=O)C1CC1. The normalized spacial score (nSPS) is 14.2. The molecule has 1 aliphatic rings. The molecule has 1 aliphatic carbocycles. The number of nitrogens with zero attached hydrogens (tertiary/aromatic N) is 2. The molecule has 2 aromatic heterocycles. The van der Waals surface area contributed by atoms with Gasteiger partial charge in [-0.15, -0.1) is 0 Å². The first-order valence-corrected chi connectivity index (χ1v) is 9.27. The third-order valence-electron chi connectivity index (χ3n) is 3.91. The van der Waals surface area contributed by atoms with Crippen LogP contribution >= 0.6 is 0 Å². The van der Waals surface area contributed by atoms with Gasteiger partial charge in [0.2, 0.25) is 10.0 Å². The fourth-order valence-electron chi connectivity index (χ4n) is 2.47. The van der Waals surface area contributed by atoms with Crippen molar-refractivity contribution in [2.75, 3.05) is 5.73 Å². The summed E-state index contributed by atoms with van der Waals surface area (Å²) < 4.78 is 22.4. The van der Waals surface area contributed by atoms with Crippen LogP contribution in [0.3, 0.4) is 0 Å². The van der Waals surface area contributed by atoms with Crippen LogP contribution in [0.1, 0.15) is 18.4 Å². The molecule has 0 aliphatic heterocycles. The Balaban J connectivity index is 0.000000203. The predicted octanol–water partition coefficient (Wildman–Crippen LogP) is 2.35. The monoisotopic (exact) mass is 344 g/mol. The number of nitrogens with two attached hydrogens (primary N) is 2. The van der Waals surface area contributed by atoms with E-state index in [9.17, 15) is 8.42 Å². The Labute approximate surface area is 141 Å². The molecule has 1 aromatic carbocycles. The maximum absolute atomic E-state index is 10.2. The molecule has 0 unspecified atom stereocenters. The van der Waals surface area contributed by atoms with E-state index in [-0.39, 0.29) is 5.25 Å². The number of primary sulfonamides is 1. The number of hydrogen-bond donors (Lipinski definition) is 2. The van der Waals surface area contributed by atoms with Gasteiger partial charge in [0, 0.05) is 17.3 Å². The van der Waals surface area contributed by atoms with Gasteiger partial charge >= 0.3 is 0 Å². The molecule has 0 amide bonds. The molecule has 4 N–H and O–H groups in total. The largest absolute Gasteiger partial charge is 0.397 e. The number of fused-ring (bicyclic) bond motifs is 1. The summed E-state index contributed by atoms with van der Waals surface area (Å²) in [4.78, 5) is 4.40. The van der Waals surface area contributed by atoms with E-state index < -0.39 is 10.0 Å². The fraction of sp³-hybridized carbons (Fsp3) is 0.235.